The van der Waals surface area contributed by atoms with Gasteiger partial charge in [0.1, 0.15) is 0 Å². The summed E-state index contributed by atoms with van der Waals surface area (Å²) in [5.41, 5.74) is 0. The second-order valence-electron chi connectivity index (χ2n) is 3.45. The van der Waals surface area contributed by atoms with Crippen molar-refractivity contribution in [2.45, 2.75) is 52.4 Å². The molecule has 0 nitrogen and oxygen atoms in total. The van der Waals surface area contributed by atoms with Crippen LogP contribution in [0.1, 0.15) is 52.4 Å². The Labute approximate surface area is 94.4 Å². The fraction of sp³-hybridized carbons (Fsp3) is 0.900. The number of rotatable bonds is 6. The predicted molar refractivity (Wildman–Crippen MR) is 47.9 cm³/mol. The first-order valence-electron chi connectivity index (χ1n) is 4.56. The first kappa shape index (κ1) is 14.5. The van der Waals surface area contributed by atoms with Crippen LogP contribution >= 0.6 is 0 Å². The maximum Gasteiger partial charge on any atom is 1.00 e. The number of hydrogen-bond acceptors (Lipinski definition) is 0. The Bertz CT molecular complexity index is 59.9. The van der Waals surface area contributed by atoms with Crippen LogP contribution in [0.2, 0.25) is 0 Å². The second-order valence-corrected chi connectivity index (χ2v) is 3.45. The smallest absolute Gasteiger partial charge is 0.343 e. The zero-order chi connectivity index (χ0) is 7.82. The third-order valence-corrected chi connectivity index (χ3v) is 1.78. The Kier molecular flexibility index (Phi) is 14.5. The third-order valence-electron chi connectivity index (χ3n) is 1.78. The van der Waals surface area contributed by atoms with E-state index in [2.05, 4.69) is 20.8 Å². The summed E-state index contributed by atoms with van der Waals surface area (Å²) in [4.78, 5) is 0. The second kappa shape index (κ2) is 11.0. The maximum absolute atomic E-state index is 3.82. The summed E-state index contributed by atoms with van der Waals surface area (Å²) in [6.45, 7) is 8.40. The van der Waals surface area contributed by atoms with Gasteiger partial charge in [0.05, 0.1) is 0 Å². The van der Waals surface area contributed by atoms with Gasteiger partial charge in [0.2, 0.25) is 0 Å². The first-order chi connectivity index (χ1) is 4.77. The molecular formula is C10H21Na. The van der Waals surface area contributed by atoms with Crippen molar-refractivity contribution < 1.29 is 29.6 Å². The molecular weight excluding hydrogens is 143 g/mol. The summed E-state index contributed by atoms with van der Waals surface area (Å²) in [5.74, 6) is 0.889. The average molecular weight is 164 g/mol. The molecule has 0 N–H and O–H groups in total. The molecule has 0 aromatic carbocycles. The molecule has 0 unspecified atom stereocenters. The van der Waals surface area contributed by atoms with Crippen molar-refractivity contribution in [3.63, 3.8) is 0 Å². The van der Waals surface area contributed by atoms with Gasteiger partial charge < -0.3 is 6.92 Å². The quantitative estimate of drug-likeness (QED) is 0.310. The van der Waals surface area contributed by atoms with E-state index < -0.39 is 0 Å². The fourth-order valence-corrected chi connectivity index (χ4v) is 1.08. The van der Waals surface area contributed by atoms with Crippen LogP contribution in [0.3, 0.4) is 0 Å². The van der Waals surface area contributed by atoms with Crippen molar-refractivity contribution in [3.8, 4) is 0 Å². The minimum Gasteiger partial charge on any atom is -0.343 e. The molecule has 11 heavy (non-hydrogen) atoms. The summed E-state index contributed by atoms with van der Waals surface area (Å²) in [6.07, 6.45) is 8.04. The van der Waals surface area contributed by atoms with E-state index in [0.717, 1.165) is 12.3 Å². The van der Waals surface area contributed by atoms with Crippen LogP contribution in [-0.2, 0) is 0 Å². The van der Waals surface area contributed by atoms with E-state index in [0.29, 0.717) is 0 Å². The minimum absolute atomic E-state index is 0. The van der Waals surface area contributed by atoms with Gasteiger partial charge in [-0.3, -0.25) is 0 Å². The van der Waals surface area contributed by atoms with Crippen molar-refractivity contribution in [2.75, 3.05) is 0 Å². The molecule has 0 amide bonds. The Morgan fingerprint density at radius 2 is 1.55 bits per heavy atom. The molecule has 62 valence electrons. The van der Waals surface area contributed by atoms with Gasteiger partial charge in [-0.1, -0.05) is 46.0 Å². The van der Waals surface area contributed by atoms with Gasteiger partial charge in [-0.2, -0.15) is 6.42 Å². The van der Waals surface area contributed by atoms with Crippen LogP contribution in [0, 0.1) is 12.8 Å². The molecule has 0 rings (SSSR count). The van der Waals surface area contributed by atoms with Crippen molar-refractivity contribution >= 4 is 0 Å². The summed E-state index contributed by atoms with van der Waals surface area (Å²) >= 11 is 0. The van der Waals surface area contributed by atoms with Crippen LogP contribution in [0.4, 0.5) is 0 Å². The molecule has 1 heteroatoms. The predicted octanol–water partition coefficient (Wildman–Crippen LogP) is 0.821. The monoisotopic (exact) mass is 164 g/mol. The molecule has 0 aromatic heterocycles. The van der Waals surface area contributed by atoms with Crippen LogP contribution in [0.15, 0.2) is 0 Å². The van der Waals surface area contributed by atoms with Gasteiger partial charge in [-0.05, 0) is 5.92 Å². The van der Waals surface area contributed by atoms with Crippen LogP contribution in [-0.4, -0.2) is 0 Å². The normalized spacial score (nSPS) is 9.82. The molecule has 0 spiro atoms. The van der Waals surface area contributed by atoms with Crippen LogP contribution < -0.4 is 29.6 Å². The van der Waals surface area contributed by atoms with Gasteiger partial charge in [-0.25, -0.2) is 0 Å². The van der Waals surface area contributed by atoms with Gasteiger partial charge in [0.15, 0.2) is 0 Å². The number of hydrogen-bond donors (Lipinski definition) is 0. The molecule has 0 aliphatic heterocycles. The molecule has 0 saturated carbocycles. The average Bonchev–Trinajstić information content (AvgIpc) is 1.87. The fourth-order valence-electron chi connectivity index (χ4n) is 1.08. The van der Waals surface area contributed by atoms with Crippen molar-refractivity contribution in [2.24, 2.45) is 5.92 Å². The van der Waals surface area contributed by atoms with E-state index in [1.165, 1.54) is 32.1 Å². The molecule has 0 aliphatic carbocycles. The molecule has 0 saturated heterocycles. The Morgan fingerprint density at radius 1 is 1.00 bits per heavy atom. The van der Waals surface area contributed by atoms with Crippen molar-refractivity contribution in [1.29, 1.82) is 0 Å². The summed E-state index contributed by atoms with van der Waals surface area (Å²) in [7, 11) is 0. The molecule has 0 atom stereocenters. The van der Waals surface area contributed by atoms with Gasteiger partial charge >= 0.3 is 29.6 Å². The molecule has 0 aromatic rings. The largest absolute Gasteiger partial charge is 1.00 e. The van der Waals surface area contributed by atoms with Gasteiger partial charge in [0.25, 0.3) is 0 Å². The van der Waals surface area contributed by atoms with E-state index in [-0.39, 0.29) is 29.6 Å². The topological polar surface area (TPSA) is 0 Å². The SMILES string of the molecule is [CH2-]CCCCCCC(C)C.[Na+]. The van der Waals surface area contributed by atoms with Crippen molar-refractivity contribution in [1.82, 2.24) is 0 Å². The zero-order valence-corrected chi connectivity index (χ0v) is 10.5. The zero-order valence-electron chi connectivity index (χ0n) is 8.53. The molecule has 0 radical (unpaired) electrons. The molecule has 0 fully saturated rings. The van der Waals surface area contributed by atoms with Crippen LogP contribution in [0.5, 0.6) is 0 Å². The van der Waals surface area contributed by atoms with E-state index in [1.54, 1.807) is 0 Å². The Morgan fingerprint density at radius 3 is 2.00 bits per heavy atom. The van der Waals surface area contributed by atoms with E-state index in [1.807, 2.05) is 0 Å². The minimum atomic E-state index is 0. The molecule has 0 heterocycles. The molecule has 0 aliphatic rings. The maximum atomic E-state index is 3.82. The summed E-state index contributed by atoms with van der Waals surface area (Å²) in [6, 6.07) is 0. The Balaban J connectivity index is 0. The van der Waals surface area contributed by atoms with E-state index >= 15 is 0 Å². The third kappa shape index (κ3) is 13.9. The standard InChI is InChI=1S/C10H21.Na/c1-4-5-6-7-8-9-10(2)3;/h10H,1,4-9H2,2-3H3;/q-1;+1. The molecule has 0 bridgehead atoms. The van der Waals surface area contributed by atoms with E-state index in [9.17, 15) is 0 Å². The van der Waals surface area contributed by atoms with Crippen LogP contribution in [0.25, 0.3) is 0 Å². The van der Waals surface area contributed by atoms with Gasteiger partial charge in [-0.15, -0.1) is 0 Å². The first-order valence-corrected chi connectivity index (χ1v) is 4.56. The van der Waals surface area contributed by atoms with Gasteiger partial charge in [0, 0.05) is 0 Å². The Hall–Kier alpha value is 1.00. The summed E-state index contributed by atoms with van der Waals surface area (Å²) < 4.78 is 0. The van der Waals surface area contributed by atoms with E-state index in [4.69, 9.17) is 0 Å². The summed E-state index contributed by atoms with van der Waals surface area (Å²) in [5, 5.41) is 0. The number of unbranched alkanes of at least 4 members (excludes halogenated alkanes) is 4. The van der Waals surface area contributed by atoms with Crippen molar-refractivity contribution in [3.05, 3.63) is 6.92 Å².